The van der Waals surface area contributed by atoms with Crippen LogP contribution in [0.3, 0.4) is 0 Å². The second-order valence-electron chi connectivity index (χ2n) is 5.47. The molecule has 0 aliphatic heterocycles. The van der Waals surface area contributed by atoms with Crippen molar-refractivity contribution in [2.24, 2.45) is 0 Å². The Bertz CT molecular complexity index is 388. The number of hydrogen-bond donors (Lipinski definition) is 0. The first-order chi connectivity index (χ1) is 8.36. The molecular formula is C14H22ClNO2. The monoisotopic (exact) mass is 271 g/mol. The van der Waals surface area contributed by atoms with E-state index in [0.717, 1.165) is 11.3 Å². The van der Waals surface area contributed by atoms with E-state index in [1.807, 2.05) is 19.1 Å². The van der Waals surface area contributed by atoms with Crippen LogP contribution in [-0.4, -0.2) is 24.8 Å². The molecule has 0 aliphatic rings. The van der Waals surface area contributed by atoms with E-state index in [2.05, 4.69) is 25.8 Å². The van der Waals surface area contributed by atoms with Gasteiger partial charge in [0.25, 0.3) is 0 Å². The first-order valence-electron chi connectivity index (χ1n) is 6.10. The maximum Gasteiger partial charge on any atom is 0.214 e. The molecule has 1 heterocycles. The van der Waals surface area contributed by atoms with Crippen LogP contribution < -0.4 is 4.74 Å². The van der Waals surface area contributed by atoms with E-state index in [1.54, 1.807) is 7.11 Å². The summed E-state index contributed by atoms with van der Waals surface area (Å²) in [5.74, 6) is 1.07. The van der Waals surface area contributed by atoms with Crippen LogP contribution in [0.5, 0.6) is 5.88 Å². The zero-order chi connectivity index (χ0) is 13.8. The lowest BCUT2D eigenvalue weighted by atomic mass is 9.91. The van der Waals surface area contributed by atoms with Crippen molar-refractivity contribution in [1.82, 2.24) is 4.98 Å². The SMILES string of the molecule is COCC(C)Oc1cc(CCl)cc(C(C)(C)C)n1. The second-order valence-corrected chi connectivity index (χ2v) is 5.73. The van der Waals surface area contributed by atoms with Crippen LogP contribution in [0.2, 0.25) is 0 Å². The summed E-state index contributed by atoms with van der Waals surface area (Å²) in [6, 6.07) is 3.91. The second kappa shape index (κ2) is 6.39. The van der Waals surface area contributed by atoms with E-state index in [4.69, 9.17) is 21.1 Å². The van der Waals surface area contributed by atoms with E-state index < -0.39 is 0 Å². The number of ether oxygens (including phenoxy) is 2. The molecular weight excluding hydrogens is 250 g/mol. The van der Waals surface area contributed by atoms with Crippen molar-refractivity contribution in [3.63, 3.8) is 0 Å². The molecule has 0 amide bonds. The van der Waals surface area contributed by atoms with Crippen molar-refractivity contribution in [3.05, 3.63) is 23.4 Å². The zero-order valence-electron chi connectivity index (χ0n) is 11.8. The fourth-order valence-corrected chi connectivity index (χ4v) is 1.71. The molecule has 0 aliphatic carbocycles. The van der Waals surface area contributed by atoms with Crippen LogP contribution in [0.4, 0.5) is 0 Å². The zero-order valence-corrected chi connectivity index (χ0v) is 12.5. The lowest BCUT2D eigenvalue weighted by Crippen LogP contribution is -2.20. The molecule has 0 saturated heterocycles. The maximum absolute atomic E-state index is 5.91. The maximum atomic E-state index is 5.91. The Balaban J connectivity index is 2.97. The van der Waals surface area contributed by atoms with Gasteiger partial charge in [-0.1, -0.05) is 20.8 Å². The molecule has 102 valence electrons. The fraction of sp³-hybridized carbons (Fsp3) is 0.643. The van der Waals surface area contributed by atoms with Gasteiger partial charge in [-0.3, -0.25) is 0 Å². The summed E-state index contributed by atoms with van der Waals surface area (Å²) in [7, 11) is 1.66. The highest BCUT2D eigenvalue weighted by atomic mass is 35.5. The molecule has 0 saturated carbocycles. The van der Waals surface area contributed by atoms with Crippen molar-refractivity contribution in [3.8, 4) is 5.88 Å². The molecule has 4 heteroatoms. The summed E-state index contributed by atoms with van der Waals surface area (Å²) in [4.78, 5) is 4.54. The standard InChI is InChI=1S/C14H22ClNO2/c1-10(9-17-5)18-13-7-11(8-15)6-12(16-13)14(2,3)4/h6-7,10H,8-9H2,1-5H3. The largest absolute Gasteiger partial charge is 0.472 e. The Morgan fingerprint density at radius 1 is 1.33 bits per heavy atom. The summed E-state index contributed by atoms with van der Waals surface area (Å²) in [6.07, 6.45) is -0.0270. The van der Waals surface area contributed by atoms with Gasteiger partial charge >= 0.3 is 0 Å². The highest BCUT2D eigenvalue weighted by Gasteiger charge is 2.18. The predicted octanol–water partition coefficient (Wildman–Crippen LogP) is 3.53. The van der Waals surface area contributed by atoms with Crippen molar-refractivity contribution in [2.45, 2.75) is 45.1 Å². The average molecular weight is 272 g/mol. The minimum absolute atomic E-state index is 0.0231. The van der Waals surface area contributed by atoms with Gasteiger partial charge in [-0.25, -0.2) is 4.98 Å². The van der Waals surface area contributed by atoms with Gasteiger partial charge in [0.15, 0.2) is 0 Å². The van der Waals surface area contributed by atoms with Crippen molar-refractivity contribution >= 4 is 11.6 Å². The molecule has 0 fully saturated rings. The quantitative estimate of drug-likeness (QED) is 0.768. The van der Waals surface area contributed by atoms with Crippen LogP contribution in [0.15, 0.2) is 12.1 Å². The summed E-state index contributed by atoms with van der Waals surface area (Å²) in [5.41, 5.74) is 1.99. The molecule has 1 aromatic heterocycles. The van der Waals surface area contributed by atoms with Crippen LogP contribution in [0.1, 0.15) is 39.0 Å². The van der Waals surface area contributed by atoms with Gasteiger partial charge in [-0.05, 0) is 18.6 Å². The molecule has 1 unspecified atom stereocenters. The Morgan fingerprint density at radius 3 is 2.50 bits per heavy atom. The summed E-state index contributed by atoms with van der Waals surface area (Å²) < 4.78 is 10.8. The van der Waals surface area contributed by atoms with Crippen LogP contribution in [0.25, 0.3) is 0 Å². The number of methoxy groups -OCH3 is 1. The van der Waals surface area contributed by atoms with Crippen molar-refractivity contribution in [1.29, 1.82) is 0 Å². The summed E-state index contributed by atoms with van der Waals surface area (Å²) >= 11 is 5.91. The fourth-order valence-electron chi connectivity index (χ4n) is 1.56. The lowest BCUT2D eigenvalue weighted by Gasteiger charge is -2.21. The molecule has 0 bridgehead atoms. The summed E-state index contributed by atoms with van der Waals surface area (Å²) in [6.45, 7) is 8.86. The van der Waals surface area contributed by atoms with E-state index in [9.17, 15) is 0 Å². The molecule has 0 spiro atoms. The Hall–Kier alpha value is -0.800. The smallest absolute Gasteiger partial charge is 0.214 e. The van der Waals surface area contributed by atoms with Crippen LogP contribution in [-0.2, 0) is 16.0 Å². The molecule has 1 rings (SSSR count). The van der Waals surface area contributed by atoms with E-state index >= 15 is 0 Å². The molecule has 1 aromatic rings. The molecule has 0 radical (unpaired) electrons. The Labute approximate surface area is 114 Å². The molecule has 0 N–H and O–H groups in total. The van der Waals surface area contributed by atoms with Crippen molar-refractivity contribution in [2.75, 3.05) is 13.7 Å². The molecule has 3 nitrogen and oxygen atoms in total. The lowest BCUT2D eigenvalue weighted by molar-refractivity contribution is 0.0886. The van der Waals surface area contributed by atoms with Gasteiger partial charge < -0.3 is 9.47 Å². The number of pyridine rings is 1. The topological polar surface area (TPSA) is 31.4 Å². The molecule has 1 atom stereocenters. The van der Waals surface area contributed by atoms with E-state index in [-0.39, 0.29) is 11.5 Å². The van der Waals surface area contributed by atoms with E-state index in [0.29, 0.717) is 18.4 Å². The minimum Gasteiger partial charge on any atom is -0.472 e. The highest BCUT2D eigenvalue weighted by molar-refractivity contribution is 6.17. The number of hydrogen-bond acceptors (Lipinski definition) is 3. The van der Waals surface area contributed by atoms with Crippen LogP contribution >= 0.6 is 11.6 Å². The Morgan fingerprint density at radius 2 is 2.00 bits per heavy atom. The Kier molecular flexibility index (Phi) is 5.42. The van der Waals surface area contributed by atoms with Gasteiger partial charge in [-0.2, -0.15) is 0 Å². The van der Waals surface area contributed by atoms with Crippen molar-refractivity contribution < 1.29 is 9.47 Å². The third-order valence-corrected chi connectivity index (χ3v) is 2.82. The number of nitrogens with zero attached hydrogens (tertiary/aromatic N) is 1. The minimum atomic E-state index is -0.0270. The summed E-state index contributed by atoms with van der Waals surface area (Å²) in [5, 5.41) is 0. The number of rotatable bonds is 5. The first-order valence-corrected chi connectivity index (χ1v) is 6.63. The van der Waals surface area contributed by atoms with Gasteiger partial charge in [-0.15, -0.1) is 11.6 Å². The van der Waals surface area contributed by atoms with E-state index in [1.165, 1.54) is 0 Å². The number of aromatic nitrogens is 1. The predicted molar refractivity (Wildman–Crippen MR) is 74.5 cm³/mol. The highest BCUT2D eigenvalue weighted by Crippen LogP contribution is 2.25. The first kappa shape index (κ1) is 15.3. The number of halogens is 1. The average Bonchev–Trinajstić information content (AvgIpc) is 2.27. The normalized spacial score (nSPS) is 13.4. The molecule has 0 aromatic carbocycles. The van der Waals surface area contributed by atoms with Crippen LogP contribution in [0, 0.1) is 0 Å². The van der Waals surface area contributed by atoms with Gasteiger partial charge in [0, 0.05) is 24.5 Å². The van der Waals surface area contributed by atoms with Gasteiger partial charge in [0.1, 0.15) is 6.10 Å². The molecule has 18 heavy (non-hydrogen) atoms. The third kappa shape index (κ3) is 4.46. The van der Waals surface area contributed by atoms with Gasteiger partial charge in [0.2, 0.25) is 5.88 Å². The number of alkyl halides is 1. The third-order valence-electron chi connectivity index (χ3n) is 2.51. The van der Waals surface area contributed by atoms with Gasteiger partial charge in [0.05, 0.1) is 12.3 Å².